The van der Waals surface area contributed by atoms with Gasteiger partial charge in [-0.25, -0.2) is 4.79 Å². The van der Waals surface area contributed by atoms with E-state index in [4.69, 9.17) is 9.47 Å². The van der Waals surface area contributed by atoms with E-state index in [1.807, 2.05) is 39.8 Å². The Morgan fingerprint density at radius 3 is 2.29 bits per heavy atom. The molecule has 0 saturated carbocycles. The fourth-order valence-electron chi connectivity index (χ4n) is 1.59. The van der Waals surface area contributed by atoms with Crippen molar-refractivity contribution >= 4 is 6.09 Å². The second-order valence-electron chi connectivity index (χ2n) is 3.97. The molecule has 0 aromatic carbocycles. The van der Waals surface area contributed by atoms with Crippen molar-refractivity contribution in [2.24, 2.45) is 0 Å². The molecule has 0 aliphatic heterocycles. The van der Waals surface area contributed by atoms with Crippen LogP contribution in [0.25, 0.3) is 0 Å². The molecule has 0 radical (unpaired) electrons. The minimum absolute atomic E-state index is 0.256. The lowest BCUT2D eigenvalue weighted by atomic mass is 10.00. The molecule has 17 heavy (non-hydrogen) atoms. The van der Waals surface area contributed by atoms with Crippen molar-refractivity contribution in [1.29, 1.82) is 0 Å². The molecule has 0 aliphatic carbocycles. The van der Waals surface area contributed by atoms with Crippen LogP contribution in [0.15, 0.2) is 23.3 Å². The lowest BCUT2D eigenvalue weighted by molar-refractivity contribution is 0.00768. The van der Waals surface area contributed by atoms with Crippen LogP contribution in [0.2, 0.25) is 0 Å². The number of carbonyl (C=O) groups is 1. The fraction of sp³-hybridized carbons (Fsp3) is 0.615. The molecule has 0 heterocycles. The van der Waals surface area contributed by atoms with E-state index < -0.39 is 6.09 Å². The van der Waals surface area contributed by atoms with Crippen LogP contribution in [-0.2, 0) is 9.47 Å². The Kier molecular flexibility index (Phi) is 7.30. The molecule has 0 bridgehead atoms. The standard InChI is InChI=1S/C13H23NO3/c1-7-8-11(9(2)3)12(16-6)10(4)17-13(15)14-5/h7-8,10,12H,1-6H3,(H,14,15). The molecule has 4 heteroatoms. The lowest BCUT2D eigenvalue weighted by Crippen LogP contribution is -2.35. The van der Waals surface area contributed by atoms with Gasteiger partial charge in [0.2, 0.25) is 0 Å². The highest BCUT2D eigenvalue weighted by atomic mass is 16.6. The van der Waals surface area contributed by atoms with Gasteiger partial charge in [-0.3, -0.25) is 0 Å². The van der Waals surface area contributed by atoms with Crippen LogP contribution in [0.5, 0.6) is 0 Å². The fourth-order valence-corrected chi connectivity index (χ4v) is 1.59. The Morgan fingerprint density at radius 1 is 1.35 bits per heavy atom. The Morgan fingerprint density at radius 2 is 1.94 bits per heavy atom. The van der Waals surface area contributed by atoms with Crippen LogP contribution in [0.4, 0.5) is 4.79 Å². The molecule has 1 amide bonds. The Hall–Kier alpha value is -1.29. The summed E-state index contributed by atoms with van der Waals surface area (Å²) in [5.74, 6) is 0. The number of alkyl carbamates (subject to hydrolysis) is 1. The van der Waals surface area contributed by atoms with Gasteiger partial charge in [-0.1, -0.05) is 17.7 Å². The third-order valence-corrected chi connectivity index (χ3v) is 2.41. The number of allylic oxidation sites excluding steroid dienone is 2. The maximum Gasteiger partial charge on any atom is 0.407 e. The summed E-state index contributed by atoms with van der Waals surface area (Å²) in [7, 11) is 3.14. The number of rotatable bonds is 5. The first-order valence-corrected chi connectivity index (χ1v) is 5.69. The summed E-state index contributed by atoms with van der Waals surface area (Å²) in [4.78, 5) is 11.2. The van der Waals surface area contributed by atoms with E-state index in [9.17, 15) is 4.79 Å². The van der Waals surface area contributed by atoms with Gasteiger partial charge in [0, 0.05) is 14.2 Å². The van der Waals surface area contributed by atoms with Gasteiger partial charge < -0.3 is 14.8 Å². The van der Waals surface area contributed by atoms with Gasteiger partial charge in [0.1, 0.15) is 12.2 Å². The van der Waals surface area contributed by atoms with Crippen molar-refractivity contribution in [3.63, 3.8) is 0 Å². The molecule has 0 rings (SSSR count). The van der Waals surface area contributed by atoms with Gasteiger partial charge in [-0.15, -0.1) is 0 Å². The summed E-state index contributed by atoms with van der Waals surface area (Å²) in [6, 6.07) is 0. The number of nitrogens with one attached hydrogen (secondary N) is 1. The summed E-state index contributed by atoms with van der Waals surface area (Å²) >= 11 is 0. The number of amides is 1. The van der Waals surface area contributed by atoms with E-state index in [0.717, 1.165) is 11.1 Å². The highest BCUT2D eigenvalue weighted by molar-refractivity contribution is 5.67. The maximum absolute atomic E-state index is 11.2. The molecule has 1 N–H and O–H groups in total. The normalized spacial score (nSPS) is 14.2. The summed E-state index contributed by atoms with van der Waals surface area (Å²) in [6.45, 7) is 7.78. The topological polar surface area (TPSA) is 47.6 Å². The molecule has 0 aromatic heterocycles. The maximum atomic E-state index is 11.2. The number of hydrogen-bond donors (Lipinski definition) is 1. The molecule has 4 nitrogen and oxygen atoms in total. The van der Waals surface area contributed by atoms with Gasteiger partial charge in [0.15, 0.2) is 0 Å². The van der Waals surface area contributed by atoms with Gasteiger partial charge in [0.05, 0.1) is 0 Å². The van der Waals surface area contributed by atoms with Crippen LogP contribution in [0.3, 0.4) is 0 Å². The predicted molar refractivity (Wildman–Crippen MR) is 69.0 cm³/mol. The molecule has 2 unspecified atom stereocenters. The zero-order valence-electron chi connectivity index (χ0n) is 11.5. The van der Waals surface area contributed by atoms with E-state index in [0.29, 0.717) is 0 Å². The van der Waals surface area contributed by atoms with Crippen molar-refractivity contribution < 1.29 is 14.3 Å². The summed E-state index contributed by atoms with van der Waals surface area (Å²) in [6.07, 6.45) is 2.87. The Labute approximate surface area is 104 Å². The molecule has 2 atom stereocenters. The van der Waals surface area contributed by atoms with Crippen molar-refractivity contribution in [3.05, 3.63) is 23.3 Å². The molecule has 98 valence electrons. The van der Waals surface area contributed by atoms with Crippen molar-refractivity contribution in [2.45, 2.75) is 39.9 Å². The number of carbonyl (C=O) groups excluding carboxylic acids is 1. The van der Waals surface area contributed by atoms with E-state index in [-0.39, 0.29) is 12.2 Å². The summed E-state index contributed by atoms with van der Waals surface area (Å²) in [5.41, 5.74) is 2.17. The van der Waals surface area contributed by atoms with Gasteiger partial charge >= 0.3 is 6.09 Å². The minimum atomic E-state index is -0.451. The number of methoxy groups -OCH3 is 1. The van der Waals surface area contributed by atoms with Crippen LogP contribution < -0.4 is 5.32 Å². The van der Waals surface area contributed by atoms with E-state index >= 15 is 0 Å². The summed E-state index contributed by atoms with van der Waals surface area (Å²) in [5, 5.41) is 2.42. The van der Waals surface area contributed by atoms with Gasteiger partial charge in [-0.05, 0) is 33.3 Å². The molecular weight excluding hydrogens is 218 g/mol. The van der Waals surface area contributed by atoms with Gasteiger partial charge in [-0.2, -0.15) is 0 Å². The molecule has 0 fully saturated rings. The zero-order valence-corrected chi connectivity index (χ0v) is 11.5. The van der Waals surface area contributed by atoms with E-state index in [1.165, 1.54) is 7.05 Å². The summed E-state index contributed by atoms with van der Waals surface area (Å²) < 4.78 is 10.6. The zero-order chi connectivity index (χ0) is 13.4. The Bertz CT molecular complexity index is 304. The minimum Gasteiger partial charge on any atom is -0.443 e. The highest BCUT2D eigenvalue weighted by Crippen LogP contribution is 2.18. The average molecular weight is 241 g/mol. The van der Waals surface area contributed by atoms with Crippen LogP contribution in [-0.4, -0.2) is 32.5 Å². The second kappa shape index (κ2) is 7.90. The van der Waals surface area contributed by atoms with Crippen LogP contribution in [0.1, 0.15) is 27.7 Å². The largest absolute Gasteiger partial charge is 0.443 e. The average Bonchev–Trinajstić information content (AvgIpc) is 2.28. The van der Waals surface area contributed by atoms with Crippen LogP contribution >= 0.6 is 0 Å². The van der Waals surface area contributed by atoms with Gasteiger partial charge in [0.25, 0.3) is 0 Å². The number of hydrogen-bond acceptors (Lipinski definition) is 3. The first-order chi connectivity index (χ1) is 7.97. The third kappa shape index (κ3) is 5.04. The molecule has 0 spiro atoms. The monoisotopic (exact) mass is 241 g/mol. The molecule has 0 saturated heterocycles. The van der Waals surface area contributed by atoms with E-state index in [1.54, 1.807) is 7.11 Å². The number of ether oxygens (including phenoxy) is 2. The van der Waals surface area contributed by atoms with Crippen LogP contribution in [0, 0.1) is 0 Å². The lowest BCUT2D eigenvalue weighted by Gasteiger charge is -2.24. The molecular formula is C13H23NO3. The van der Waals surface area contributed by atoms with E-state index in [2.05, 4.69) is 5.32 Å². The first kappa shape index (κ1) is 15.7. The quantitative estimate of drug-likeness (QED) is 0.753. The highest BCUT2D eigenvalue weighted by Gasteiger charge is 2.23. The van der Waals surface area contributed by atoms with Crippen molar-refractivity contribution in [2.75, 3.05) is 14.2 Å². The third-order valence-electron chi connectivity index (χ3n) is 2.41. The molecule has 0 aromatic rings. The van der Waals surface area contributed by atoms with Crippen molar-refractivity contribution in [1.82, 2.24) is 5.32 Å². The predicted octanol–water partition coefficient (Wildman–Crippen LogP) is 2.66. The second-order valence-corrected chi connectivity index (χ2v) is 3.97. The Balaban J connectivity index is 4.92. The molecule has 0 aliphatic rings. The first-order valence-electron chi connectivity index (χ1n) is 5.69. The smallest absolute Gasteiger partial charge is 0.407 e. The van der Waals surface area contributed by atoms with Crippen molar-refractivity contribution in [3.8, 4) is 0 Å². The SMILES string of the molecule is CC=CC(=C(C)C)C(OC)C(C)OC(=O)NC.